The van der Waals surface area contributed by atoms with Crippen LogP contribution in [0.1, 0.15) is 75.1 Å². The van der Waals surface area contributed by atoms with Crippen LogP contribution in [0.4, 0.5) is 0 Å². The van der Waals surface area contributed by atoms with Crippen LogP contribution in [-0.2, 0) is 28.9 Å². The number of carbonyl (C=O) groups is 1. The molecule has 0 radical (unpaired) electrons. The molecular weight excluding hydrogens is 354 g/mol. The van der Waals surface area contributed by atoms with Crippen LogP contribution in [0.2, 0.25) is 0 Å². The number of nitrogens with one attached hydrogen (secondary N) is 1. The highest BCUT2D eigenvalue weighted by atomic mass is 16.5. The zero-order chi connectivity index (χ0) is 20.4. The molecule has 2 aliphatic rings. The Morgan fingerprint density at radius 2 is 2.04 bits per heavy atom. The number of aromatic nitrogens is 2. The number of rotatable bonds is 7. The first kappa shape index (κ1) is 21.3. The molecule has 0 bridgehead atoms. The molecule has 1 aromatic heterocycles. The second-order valence-corrected chi connectivity index (χ2v) is 9.37. The second-order valence-electron chi connectivity index (χ2n) is 9.37. The molecule has 0 aliphatic carbocycles. The lowest BCUT2D eigenvalue weighted by molar-refractivity contribution is 0.0159. The summed E-state index contributed by atoms with van der Waals surface area (Å²) in [6, 6.07) is 0. The summed E-state index contributed by atoms with van der Waals surface area (Å²) in [5.41, 5.74) is 3.18. The number of aryl methyl sites for hydroxylation is 1. The van der Waals surface area contributed by atoms with E-state index in [4.69, 9.17) is 14.6 Å². The van der Waals surface area contributed by atoms with E-state index in [-0.39, 0.29) is 22.8 Å². The van der Waals surface area contributed by atoms with Crippen LogP contribution < -0.4 is 5.32 Å². The van der Waals surface area contributed by atoms with Gasteiger partial charge in [0, 0.05) is 39.0 Å². The molecule has 0 saturated carbocycles. The predicted molar refractivity (Wildman–Crippen MR) is 110 cm³/mol. The molecule has 6 heteroatoms. The van der Waals surface area contributed by atoms with Gasteiger partial charge in [0.05, 0.1) is 11.8 Å². The zero-order valence-electron chi connectivity index (χ0n) is 18.3. The highest BCUT2D eigenvalue weighted by Crippen LogP contribution is 2.39. The molecule has 1 amide bonds. The Hall–Kier alpha value is -1.40. The molecule has 1 atom stereocenters. The Labute approximate surface area is 169 Å². The van der Waals surface area contributed by atoms with E-state index >= 15 is 0 Å². The number of amides is 1. The van der Waals surface area contributed by atoms with Gasteiger partial charge in [0.25, 0.3) is 5.91 Å². The maximum absolute atomic E-state index is 12.9. The standard InChI is InChI=1S/C22H37N3O3/c1-6-16(27-5)12-21(3,4)14-18-17-13-22(8-10-28-11-9-22)15-23-20(26)19(17)25(7-2)24-18/h16H,6-15H2,1-5H3,(H,23,26). The van der Waals surface area contributed by atoms with Gasteiger partial charge in [0.15, 0.2) is 0 Å². The van der Waals surface area contributed by atoms with Crippen LogP contribution in [0.5, 0.6) is 0 Å². The van der Waals surface area contributed by atoms with Crippen molar-refractivity contribution in [3.63, 3.8) is 0 Å². The van der Waals surface area contributed by atoms with Gasteiger partial charge in [-0.1, -0.05) is 20.8 Å². The van der Waals surface area contributed by atoms with E-state index in [0.29, 0.717) is 6.54 Å². The lowest BCUT2D eigenvalue weighted by atomic mass is 9.74. The van der Waals surface area contributed by atoms with Gasteiger partial charge >= 0.3 is 0 Å². The fraction of sp³-hybridized carbons (Fsp3) is 0.818. The van der Waals surface area contributed by atoms with Crippen molar-refractivity contribution < 1.29 is 14.3 Å². The number of hydrogen-bond donors (Lipinski definition) is 1. The van der Waals surface area contributed by atoms with Crippen molar-refractivity contribution in [1.29, 1.82) is 0 Å². The average Bonchev–Trinajstić information content (AvgIpc) is 2.94. The molecule has 1 spiro atoms. The SMILES string of the molecule is CCC(CC(C)(C)Cc1nn(CC)c2c1CC1(CCOCC1)CNC2=O)OC. The van der Waals surface area contributed by atoms with E-state index in [9.17, 15) is 4.79 Å². The Balaban J connectivity index is 1.94. The molecule has 28 heavy (non-hydrogen) atoms. The minimum atomic E-state index is 0.0279. The monoisotopic (exact) mass is 391 g/mol. The Bertz CT molecular complexity index is 685. The van der Waals surface area contributed by atoms with Crippen LogP contribution in [0.15, 0.2) is 0 Å². The summed E-state index contributed by atoms with van der Waals surface area (Å²) in [7, 11) is 1.79. The molecule has 2 aliphatic heterocycles. The summed E-state index contributed by atoms with van der Waals surface area (Å²) in [5, 5.41) is 8.10. The van der Waals surface area contributed by atoms with Crippen LogP contribution in [-0.4, -0.2) is 48.7 Å². The molecule has 1 fully saturated rings. The van der Waals surface area contributed by atoms with Crippen molar-refractivity contribution in [3.8, 4) is 0 Å². The normalized spacial score (nSPS) is 20.5. The molecule has 3 heterocycles. The van der Waals surface area contributed by atoms with Crippen molar-refractivity contribution in [2.45, 2.75) is 78.9 Å². The van der Waals surface area contributed by atoms with Crippen molar-refractivity contribution in [3.05, 3.63) is 17.0 Å². The van der Waals surface area contributed by atoms with Crippen molar-refractivity contribution in [1.82, 2.24) is 15.1 Å². The van der Waals surface area contributed by atoms with Crippen LogP contribution >= 0.6 is 0 Å². The van der Waals surface area contributed by atoms with E-state index in [2.05, 4.69) is 33.0 Å². The highest BCUT2D eigenvalue weighted by Gasteiger charge is 2.40. The quantitative estimate of drug-likeness (QED) is 0.774. The fourth-order valence-corrected chi connectivity index (χ4v) is 4.84. The smallest absolute Gasteiger partial charge is 0.269 e. The first-order valence-electron chi connectivity index (χ1n) is 10.8. The summed E-state index contributed by atoms with van der Waals surface area (Å²) < 4.78 is 13.2. The summed E-state index contributed by atoms with van der Waals surface area (Å²) in [6.45, 7) is 11.8. The van der Waals surface area contributed by atoms with E-state index in [0.717, 1.165) is 75.2 Å². The summed E-state index contributed by atoms with van der Waals surface area (Å²) >= 11 is 0. The average molecular weight is 392 g/mol. The number of ether oxygens (including phenoxy) is 2. The lowest BCUT2D eigenvalue weighted by Crippen LogP contribution is -2.40. The fourth-order valence-electron chi connectivity index (χ4n) is 4.84. The lowest BCUT2D eigenvalue weighted by Gasteiger charge is -2.36. The first-order chi connectivity index (χ1) is 13.3. The minimum Gasteiger partial charge on any atom is -0.381 e. The third kappa shape index (κ3) is 4.43. The van der Waals surface area contributed by atoms with E-state index in [1.807, 2.05) is 4.68 Å². The molecule has 1 N–H and O–H groups in total. The molecule has 0 aromatic carbocycles. The van der Waals surface area contributed by atoms with E-state index < -0.39 is 0 Å². The molecule has 1 aromatic rings. The van der Waals surface area contributed by atoms with E-state index in [1.165, 1.54) is 0 Å². The van der Waals surface area contributed by atoms with Crippen LogP contribution in [0, 0.1) is 10.8 Å². The minimum absolute atomic E-state index is 0.0279. The molecular formula is C22H37N3O3. The van der Waals surface area contributed by atoms with Gasteiger partial charge in [-0.3, -0.25) is 9.48 Å². The molecule has 158 valence electrons. The third-order valence-electron chi connectivity index (χ3n) is 6.59. The van der Waals surface area contributed by atoms with Gasteiger partial charge in [0.2, 0.25) is 0 Å². The van der Waals surface area contributed by atoms with Crippen molar-refractivity contribution in [2.75, 3.05) is 26.9 Å². The number of carbonyl (C=O) groups excluding carboxylic acids is 1. The van der Waals surface area contributed by atoms with Gasteiger partial charge in [-0.2, -0.15) is 5.10 Å². The second kappa shape index (κ2) is 8.54. The maximum atomic E-state index is 12.9. The highest BCUT2D eigenvalue weighted by molar-refractivity contribution is 5.94. The molecule has 6 nitrogen and oxygen atoms in total. The maximum Gasteiger partial charge on any atom is 0.269 e. The van der Waals surface area contributed by atoms with E-state index in [1.54, 1.807) is 7.11 Å². The third-order valence-corrected chi connectivity index (χ3v) is 6.59. The Morgan fingerprint density at radius 1 is 1.32 bits per heavy atom. The summed E-state index contributed by atoms with van der Waals surface area (Å²) in [4.78, 5) is 12.9. The number of fused-ring (bicyclic) bond motifs is 1. The zero-order valence-corrected chi connectivity index (χ0v) is 18.3. The van der Waals surface area contributed by atoms with Crippen LogP contribution in [0.25, 0.3) is 0 Å². The molecule has 3 rings (SSSR count). The van der Waals surface area contributed by atoms with Gasteiger partial charge in [-0.15, -0.1) is 0 Å². The van der Waals surface area contributed by atoms with Gasteiger partial charge < -0.3 is 14.8 Å². The number of hydrogen-bond acceptors (Lipinski definition) is 4. The van der Waals surface area contributed by atoms with Crippen molar-refractivity contribution in [2.24, 2.45) is 10.8 Å². The molecule has 1 unspecified atom stereocenters. The number of nitrogens with zero attached hydrogens (tertiary/aromatic N) is 2. The summed E-state index contributed by atoms with van der Waals surface area (Å²) in [6.07, 6.45) is 6.01. The van der Waals surface area contributed by atoms with Crippen molar-refractivity contribution >= 4 is 5.91 Å². The topological polar surface area (TPSA) is 65.4 Å². The molecule has 1 saturated heterocycles. The van der Waals surface area contributed by atoms with Gasteiger partial charge in [-0.05, 0) is 56.3 Å². The van der Waals surface area contributed by atoms with Crippen LogP contribution in [0.3, 0.4) is 0 Å². The Morgan fingerprint density at radius 3 is 2.64 bits per heavy atom. The largest absolute Gasteiger partial charge is 0.381 e. The Kier molecular flexibility index (Phi) is 6.50. The van der Waals surface area contributed by atoms with Gasteiger partial charge in [-0.25, -0.2) is 0 Å². The number of methoxy groups -OCH3 is 1. The first-order valence-corrected chi connectivity index (χ1v) is 10.8. The van der Waals surface area contributed by atoms with Gasteiger partial charge in [0.1, 0.15) is 5.69 Å². The summed E-state index contributed by atoms with van der Waals surface area (Å²) in [5.74, 6) is 0.0279. The predicted octanol–water partition coefficient (Wildman–Crippen LogP) is 3.37.